The lowest BCUT2D eigenvalue weighted by Gasteiger charge is -2.16. The summed E-state index contributed by atoms with van der Waals surface area (Å²) in [7, 11) is 1.65. The van der Waals surface area contributed by atoms with E-state index in [0.29, 0.717) is 18.7 Å². The Morgan fingerprint density at radius 1 is 1.44 bits per heavy atom. The summed E-state index contributed by atoms with van der Waals surface area (Å²) in [5, 5.41) is 8.54. The SMILES string of the molecule is CC(C)c1ccoc1C(=O)N(C)CCCC(=O)O. The number of furan rings is 1. The van der Waals surface area contributed by atoms with Crippen molar-refractivity contribution in [2.45, 2.75) is 32.6 Å². The highest BCUT2D eigenvalue weighted by Crippen LogP contribution is 2.21. The van der Waals surface area contributed by atoms with Gasteiger partial charge in [0.15, 0.2) is 5.76 Å². The average Bonchev–Trinajstić information content (AvgIpc) is 2.76. The molecule has 0 aliphatic heterocycles. The normalized spacial score (nSPS) is 10.7. The van der Waals surface area contributed by atoms with E-state index in [1.54, 1.807) is 13.1 Å². The van der Waals surface area contributed by atoms with Gasteiger partial charge in [-0.2, -0.15) is 0 Å². The fraction of sp³-hybridized carbons (Fsp3) is 0.538. The van der Waals surface area contributed by atoms with E-state index >= 15 is 0 Å². The van der Waals surface area contributed by atoms with Crippen LogP contribution >= 0.6 is 0 Å². The lowest BCUT2D eigenvalue weighted by molar-refractivity contribution is -0.137. The lowest BCUT2D eigenvalue weighted by Crippen LogP contribution is -2.28. The highest BCUT2D eigenvalue weighted by Gasteiger charge is 2.20. The van der Waals surface area contributed by atoms with E-state index in [9.17, 15) is 9.59 Å². The lowest BCUT2D eigenvalue weighted by atomic mass is 10.0. The molecule has 0 aliphatic carbocycles. The molecular weight excluding hydrogens is 234 g/mol. The topological polar surface area (TPSA) is 70.8 Å². The van der Waals surface area contributed by atoms with Gasteiger partial charge in [-0.05, 0) is 18.4 Å². The van der Waals surface area contributed by atoms with E-state index < -0.39 is 5.97 Å². The second kappa shape index (κ2) is 6.23. The molecule has 5 heteroatoms. The van der Waals surface area contributed by atoms with Crippen LogP contribution in [-0.2, 0) is 4.79 Å². The van der Waals surface area contributed by atoms with Crippen LogP contribution in [0.5, 0.6) is 0 Å². The van der Waals surface area contributed by atoms with Crippen molar-refractivity contribution in [1.82, 2.24) is 4.90 Å². The van der Waals surface area contributed by atoms with E-state index in [4.69, 9.17) is 9.52 Å². The Balaban J connectivity index is 2.63. The maximum atomic E-state index is 12.1. The molecule has 5 nitrogen and oxygen atoms in total. The van der Waals surface area contributed by atoms with Crippen molar-refractivity contribution in [3.63, 3.8) is 0 Å². The van der Waals surface area contributed by atoms with Gasteiger partial charge in [0.1, 0.15) is 0 Å². The summed E-state index contributed by atoms with van der Waals surface area (Å²) < 4.78 is 5.23. The summed E-state index contributed by atoms with van der Waals surface area (Å²) in [6.07, 6.45) is 2.01. The monoisotopic (exact) mass is 253 g/mol. The number of carbonyl (C=O) groups excluding carboxylic acids is 1. The molecule has 0 spiro atoms. The van der Waals surface area contributed by atoms with Gasteiger partial charge in [0.25, 0.3) is 5.91 Å². The molecule has 1 aromatic heterocycles. The minimum atomic E-state index is -0.850. The van der Waals surface area contributed by atoms with E-state index in [2.05, 4.69) is 0 Å². The van der Waals surface area contributed by atoms with Crippen molar-refractivity contribution in [2.24, 2.45) is 0 Å². The number of carboxylic acid groups (broad SMARTS) is 1. The highest BCUT2D eigenvalue weighted by molar-refractivity contribution is 5.92. The molecule has 1 heterocycles. The molecule has 0 aliphatic rings. The van der Waals surface area contributed by atoms with Crippen molar-refractivity contribution < 1.29 is 19.1 Å². The van der Waals surface area contributed by atoms with Gasteiger partial charge < -0.3 is 14.4 Å². The van der Waals surface area contributed by atoms with Crippen LogP contribution in [0.15, 0.2) is 16.7 Å². The number of nitrogens with zero attached hydrogens (tertiary/aromatic N) is 1. The first-order chi connectivity index (χ1) is 8.43. The van der Waals surface area contributed by atoms with E-state index in [0.717, 1.165) is 5.56 Å². The number of rotatable bonds is 6. The first-order valence-corrected chi connectivity index (χ1v) is 5.98. The predicted octanol–water partition coefficient (Wildman–Crippen LogP) is 2.34. The first-order valence-electron chi connectivity index (χ1n) is 5.98. The Morgan fingerprint density at radius 3 is 2.67 bits per heavy atom. The Morgan fingerprint density at radius 2 is 2.11 bits per heavy atom. The van der Waals surface area contributed by atoms with Gasteiger partial charge in [-0.1, -0.05) is 13.8 Å². The van der Waals surface area contributed by atoms with Gasteiger partial charge in [-0.3, -0.25) is 9.59 Å². The second-order valence-electron chi connectivity index (χ2n) is 4.58. The fourth-order valence-electron chi connectivity index (χ4n) is 1.69. The second-order valence-corrected chi connectivity index (χ2v) is 4.58. The van der Waals surface area contributed by atoms with Crippen LogP contribution in [-0.4, -0.2) is 35.5 Å². The quantitative estimate of drug-likeness (QED) is 0.844. The summed E-state index contributed by atoms with van der Waals surface area (Å²) in [4.78, 5) is 24.0. The number of hydrogen-bond donors (Lipinski definition) is 1. The van der Waals surface area contributed by atoms with Crippen LogP contribution in [0.3, 0.4) is 0 Å². The molecule has 0 saturated carbocycles. The molecule has 18 heavy (non-hydrogen) atoms. The highest BCUT2D eigenvalue weighted by atomic mass is 16.4. The molecular formula is C13H19NO4. The first kappa shape index (κ1) is 14.3. The van der Waals surface area contributed by atoms with Crippen LogP contribution in [0.4, 0.5) is 0 Å². The van der Waals surface area contributed by atoms with Gasteiger partial charge in [-0.15, -0.1) is 0 Å². The maximum Gasteiger partial charge on any atom is 0.303 e. The number of carbonyl (C=O) groups is 2. The minimum absolute atomic E-state index is 0.0623. The molecule has 0 atom stereocenters. The summed E-state index contributed by atoms with van der Waals surface area (Å²) >= 11 is 0. The summed E-state index contributed by atoms with van der Waals surface area (Å²) in [6, 6.07) is 1.79. The van der Waals surface area contributed by atoms with Crippen molar-refractivity contribution in [2.75, 3.05) is 13.6 Å². The maximum absolute atomic E-state index is 12.1. The molecule has 1 N–H and O–H groups in total. The summed E-state index contributed by atoms with van der Waals surface area (Å²) in [5.41, 5.74) is 0.880. The van der Waals surface area contributed by atoms with E-state index in [1.807, 2.05) is 13.8 Å². The molecule has 0 aromatic carbocycles. The van der Waals surface area contributed by atoms with Crippen molar-refractivity contribution in [1.29, 1.82) is 0 Å². The average molecular weight is 253 g/mol. The third kappa shape index (κ3) is 3.61. The largest absolute Gasteiger partial charge is 0.481 e. The zero-order chi connectivity index (χ0) is 13.7. The van der Waals surface area contributed by atoms with Crippen LogP contribution in [0.25, 0.3) is 0 Å². The number of carboxylic acids is 1. The van der Waals surface area contributed by atoms with Crippen LogP contribution < -0.4 is 0 Å². The Hall–Kier alpha value is -1.78. The van der Waals surface area contributed by atoms with E-state index in [1.165, 1.54) is 11.2 Å². The third-order valence-electron chi connectivity index (χ3n) is 2.74. The van der Waals surface area contributed by atoms with Crippen LogP contribution in [0.2, 0.25) is 0 Å². The number of amides is 1. The molecule has 100 valence electrons. The van der Waals surface area contributed by atoms with Crippen LogP contribution in [0.1, 0.15) is 48.7 Å². The zero-order valence-electron chi connectivity index (χ0n) is 11.0. The van der Waals surface area contributed by atoms with Gasteiger partial charge in [0.05, 0.1) is 6.26 Å². The van der Waals surface area contributed by atoms with Gasteiger partial charge in [0, 0.05) is 25.6 Å². The molecule has 0 saturated heterocycles. The Kier molecular flexibility index (Phi) is 4.95. The minimum Gasteiger partial charge on any atom is -0.481 e. The predicted molar refractivity (Wildman–Crippen MR) is 66.6 cm³/mol. The van der Waals surface area contributed by atoms with Gasteiger partial charge in [0.2, 0.25) is 0 Å². The molecule has 1 rings (SSSR count). The molecule has 1 amide bonds. The molecule has 0 bridgehead atoms. The van der Waals surface area contributed by atoms with Crippen LogP contribution in [0, 0.1) is 0 Å². The number of aliphatic carboxylic acids is 1. The Labute approximate surface area is 106 Å². The number of hydrogen-bond acceptors (Lipinski definition) is 3. The van der Waals surface area contributed by atoms with Gasteiger partial charge in [-0.25, -0.2) is 0 Å². The van der Waals surface area contributed by atoms with Crippen molar-refractivity contribution in [3.8, 4) is 0 Å². The van der Waals surface area contributed by atoms with Gasteiger partial charge >= 0.3 is 5.97 Å². The molecule has 0 fully saturated rings. The van der Waals surface area contributed by atoms with Crippen molar-refractivity contribution in [3.05, 3.63) is 23.7 Å². The fourth-order valence-corrected chi connectivity index (χ4v) is 1.69. The molecule has 0 radical (unpaired) electrons. The summed E-state index contributed by atoms with van der Waals surface area (Å²) in [6.45, 7) is 4.39. The zero-order valence-corrected chi connectivity index (χ0v) is 11.0. The van der Waals surface area contributed by atoms with E-state index in [-0.39, 0.29) is 18.2 Å². The smallest absolute Gasteiger partial charge is 0.303 e. The third-order valence-corrected chi connectivity index (χ3v) is 2.74. The molecule has 1 aromatic rings. The standard InChI is InChI=1S/C13H19NO4/c1-9(2)10-6-8-18-12(10)13(17)14(3)7-4-5-11(15)16/h6,8-9H,4-5,7H2,1-3H3,(H,15,16). The van der Waals surface area contributed by atoms with Crippen molar-refractivity contribution >= 4 is 11.9 Å². The molecule has 0 unspecified atom stereocenters. The Bertz CT molecular complexity index is 422. The summed E-state index contributed by atoms with van der Waals surface area (Å²) in [5.74, 6) is -0.483.